The lowest BCUT2D eigenvalue weighted by molar-refractivity contribution is -0.0796. The Kier molecular flexibility index (Phi) is 8.26. The molecular formula is C31H31N5O4. The zero-order chi connectivity index (χ0) is 28.0. The van der Waals surface area contributed by atoms with Crippen molar-refractivity contribution < 1.29 is 9.47 Å². The second-order valence-corrected chi connectivity index (χ2v) is 9.80. The van der Waals surface area contributed by atoms with Gasteiger partial charge in [0.15, 0.2) is 0 Å². The summed E-state index contributed by atoms with van der Waals surface area (Å²) in [6.07, 6.45) is 1.75. The number of hydrogen-bond donors (Lipinski definition) is 1. The van der Waals surface area contributed by atoms with Crippen LogP contribution < -0.4 is 11.2 Å². The van der Waals surface area contributed by atoms with Crippen molar-refractivity contribution in [3.8, 4) is 0 Å². The Hall–Kier alpha value is -4.43. The maximum atomic E-state index is 12.7. The van der Waals surface area contributed by atoms with E-state index in [9.17, 15) is 15.1 Å². The van der Waals surface area contributed by atoms with Gasteiger partial charge in [0.25, 0.3) is 5.56 Å². The molecule has 9 nitrogen and oxygen atoms in total. The van der Waals surface area contributed by atoms with Crippen LogP contribution >= 0.6 is 0 Å². The Labute approximate surface area is 231 Å². The van der Waals surface area contributed by atoms with Gasteiger partial charge >= 0.3 is 5.69 Å². The molecule has 1 aromatic heterocycles. The first kappa shape index (κ1) is 27.1. The third-order valence-electron chi connectivity index (χ3n) is 7.28. The van der Waals surface area contributed by atoms with E-state index in [0.29, 0.717) is 12.0 Å². The highest BCUT2D eigenvalue weighted by molar-refractivity contribution is 5.47. The molecule has 0 radical (unpaired) electrons. The summed E-state index contributed by atoms with van der Waals surface area (Å²) in [5, 5.41) is 3.99. The van der Waals surface area contributed by atoms with Gasteiger partial charge in [-0.3, -0.25) is 14.3 Å². The molecule has 1 aliphatic rings. The summed E-state index contributed by atoms with van der Waals surface area (Å²) in [7, 11) is 0. The Morgan fingerprint density at radius 1 is 0.975 bits per heavy atom. The summed E-state index contributed by atoms with van der Waals surface area (Å²) in [4.78, 5) is 30.4. The van der Waals surface area contributed by atoms with Crippen molar-refractivity contribution in [1.29, 1.82) is 0 Å². The molecule has 2 heterocycles. The van der Waals surface area contributed by atoms with Crippen molar-refractivity contribution in [2.45, 2.75) is 50.2 Å². The van der Waals surface area contributed by atoms with Gasteiger partial charge in [-0.1, -0.05) is 109 Å². The topological polar surface area (TPSA) is 122 Å². The number of nitrogens with zero attached hydrogens (tertiary/aromatic N) is 4. The van der Waals surface area contributed by atoms with E-state index in [0.717, 1.165) is 23.1 Å². The van der Waals surface area contributed by atoms with Crippen LogP contribution in [-0.4, -0.2) is 28.3 Å². The van der Waals surface area contributed by atoms with Crippen LogP contribution in [0.3, 0.4) is 0 Å². The Balaban J connectivity index is 1.53. The van der Waals surface area contributed by atoms with Crippen LogP contribution in [0.5, 0.6) is 0 Å². The minimum Gasteiger partial charge on any atom is -0.358 e. The molecule has 0 saturated carbocycles. The molecule has 0 aliphatic carbocycles. The number of aromatic nitrogens is 2. The van der Waals surface area contributed by atoms with Gasteiger partial charge in [0.05, 0.1) is 18.8 Å². The first-order chi connectivity index (χ1) is 19.6. The van der Waals surface area contributed by atoms with Crippen LogP contribution in [0.1, 0.15) is 48.2 Å². The maximum Gasteiger partial charge on any atom is 0.330 e. The van der Waals surface area contributed by atoms with Crippen LogP contribution in [0.25, 0.3) is 10.4 Å². The van der Waals surface area contributed by atoms with E-state index < -0.39 is 35.2 Å². The summed E-state index contributed by atoms with van der Waals surface area (Å²) in [6, 6.07) is 29.3. The first-order valence-electron chi connectivity index (χ1n) is 13.4. The predicted molar refractivity (Wildman–Crippen MR) is 152 cm³/mol. The molecule has 1 N–H and O–H groups in total. The molecule has 1 fully saturated rings. The number of H-pyrrole nitrogens is 1. The highest BCUT2D eigenvalue weighted by Crippen LogP contribution is 2.41. The molecule has 3 aromatic carbocycles. The smallest absolute Gasteiger partial charge is 0.330 e. The monoisotopic (exact) mass is 537 g/mol. The first-order valence-corrected chi connectivity index (χ1v) is 13.4. The van der Waals surface area contributed by atoms with E-state index in [-0.39, 0.29) is 13.0 Å². The molecular weight excluding hydrogens is 506 g/mol. The third-order valence-corrected chi connectivity index (χ3v) is 7.28. The Morgan fingerprint density at radius 2 is 1.52 bits per heavy atom. The molecule has 1 aliphatic heterocycles. The van der Waals surface area contributed by atoms with Gasteiger partial charge in [0, 0.05) is 23.1 Å². The SMILES string of the molecule is CCCc1cn([C@@H]2CC(N=[N+]=[N-])[C@H](COC(c3ccccc3)(c3ccccc3)c3ccccc3)O2)c(=O)[nH]c1=O. The van der Waals surface area contributed by atoms with E-state index >= 15 is 0 Å². The molecule has 0 amide bonds. The lowest BCUT2D eigenvalue weighted by Gasteiger charge is -2.37. The minimum atomic E-state index is -0.977. The molecule has 0 spiro atoms. The van der Waals surface area contributed by atoms with Gasteiger partial charge in [0.2, 0.25) is 0 Å². The van der Waals surface area contributed by atoms with Gasteiger partial charge in [-0.15, -0.1) is 0 Å². The van der Waals surface area contributed by atoms with E-state index in [4.69, 9.17) is 9.47 Å². The highest BCUT2D eigenvalue weighted by atomic mass is 16.6. The van der Waals surface area contributed by atoms with Crippen molar-refractivity contribution in [3.05, 3.63) is 151 Å². The zero-order valence-corrected chi connectivity index (χ0v) is 22.2. The number of ether oxygens (including phenoxy) is 2. The number of hydrogen-bond acceptors (Lipinski definition) is 5. The van der Waals surface area contributed by atoms with Crippen molar-refractivity contribution in [3.63, 3.8) is 0 Å². The van der Waals surface area contributed by atoms with Crippen molar-refractivity contribution in [1.82, 2.24) is 9.55 Å². The van der Waals surface area contributed by atoms with Gasteiger partial charge < -0.3 is 9.47 Å². The second kappa shape index (κ2) is 12.2. The fourth-order valence-electron chi connectivity index (χ4n) is 5.39. The van der Waals surface area contributed by atoms with Crippen LogP contribution in [-0.2, 0) is 21.5 Å². The maximum absolute atomic E-state index is 12.7. The summed E-state index contributed by atoms with van der Waals surface area (Å²) in [5.74, 6) is 0. The van der Waals surface area contributed by atoms with E-state index in [1.165, 1.54) is 4.57 Å². The number of nitrogens with one attached hydrogen (secondary N) is 1. The van der Waals surface area contributed by atoms with Crippen LogP contribution in [0.15, 0.2) is 112 Å². The lowest BCUT2D eigenvalue weighted by atomic mass is 9.80. The second-order valence-electron chi connectivity index (χ2n) is 9.80. The number of aromatic amines is 1. The van der Waals surface area contributed by atoms with E-state index in [1.807, 2.05) is 97.9 Å². The molecule has 1 saturated heterocycles. The number of benzene rings is 3. The third kappa shape index (κ3) is 5.35. The predicted octanol–water partition coefficient (Wildman–Crippen LogP) is 5.46. The average Bonchev–Trinajstić information content (AvgIpc) is 3.39. The molecule has 4 aromatic rings. The van der Waals surface area contributed by atoms with Crippen molar-refractivity contribution in [2.75, 3.05) is 6.61 Å². The molecule has 204 valence electrons. The number of azide groups is 1. The largest absolute Gasteiger partial charge is 0.358 e. The quantitative estimate of drug-likeness (QED) is 0.125. The minimum absolute atomic E-state index is 0.0821. The summed E-state index contributed by atoms with van der Waals surface area (Å²) in [5.41, 5.74) is 10.7. The number of rotatable bonds is 10. The Morgan fingerprint density at radius 3 is 2.02 bits per heavy atom. The van der Waals surface area contributed by atoms with Crippen LogP contribution in [0.2, 0.25) is 0 Å². The fraction of sp³-hybridized carbons (Fsp3) is 0.290. The molecule has 0 bridgehead atoms. The molecule has 1 unspecified atom stereocenters. The van der Waals surface area contributed by atoms with Crippen molar-refractivity contribution >= 4 is 0 Å². The molecule has 3 atom stereocenters. The van der Waals surface area contributed by atoms with Crippen LogP contribution in [0.4, 0.5) is 0 Å². The highest BCUT2D eigenvalue weighted by Gasteiger charge is 2.42. The van der Waals surface area contributed by atoms with Gasteiger partial charge in [-0.05, 0) is 28.6 Å². The lowest BCUT2D eigenvalue weighted by Crippen LogP contribution is -2.38. The summed E-state index contributed by atoms with van der Waals surface area (Å²) < 4.78 is 14.6. The zero-order valence-electron chi connectivity index (χ0n) is 22.2. The van der Waals surface area contributed by atoms with Gasteiger partial charge in [0.1, 0.15) is 11.8 Å². The van der Waals surface area contributed by atoms with Gasteiger partial charge in [-0.2, -0.15) is 0 Å². The average molecular weight is 538 g/mol. The standard InChI is InChI=1S/C31H31N5O4/c1-2-12-22-20-36(30(38)33-29(22)37)28-19-26(34-35-32)27(40-28)21-39-31(23-13-6-3-7-14-23,24-15-8-4-9-16-24)25-17-10-5-11-18-25/h3-11,13-18,20,26-28H,2,12,19,21H2,1H3,(H,33,37,38)/t26?,27-,28-/m0/s1. The summed E-state index contributed by atoms with van der Waals surface area (Å²) >= 11 is 0. The fourth-order valence-corrected chi connectivity index (χ4v) is 5.39. The van der Waals surface area contributed by atoms with Gasteiger partial charge in [-0.25, -0.2) is 4.79 Å². The Bertz CT molecular complexity index is 1480. The van der Waals surface area contributed by atoms with E-state index in [1.54, 1.807) is 6.20 Å². The van der Waals surface area contributed by atoms with Crippen LogP contribution in [0, 0.1) is 0 Å². The molecule has 9 heteroatoms. The molecule has 5 rings (SSSR count). The van der Waals surface area contributed by atoms with Crippen molar-refractivity contribution in [2.24, 2.45) is 5.11 Å². The van der Waals surface area contributed by atoms with E-state index in [2.05, 4.69) is 15.0 Å². The summed E-state index contributed by atoms with van der Waals surface area (Å²) in [6.45, 7) is 2.04. The molecule has 40 heavy (non-hydrogen) atoms. The number of aryl methyl sites for hydroxylation is 1. The normalized spacial score (nSPS) is 18.8.